The maximum Gasteiger partial charge on any atom is 0.496 e. The highest BCUT2D eigenvalue weighted by molar-refractivity contribution is 6.64. The van der Waals surface area contributed by atoms with Crippen molar-refractivity contribution in [1.82, 2.24) is 4.98 Å². The molecule has 4 heteroatoms. The second-order valence-corrected chi connectivity index (χ2v) is 8.31. The van der Waals surface area contributed by atoms with Gasteiger partial charge in [0.05, 0.1) is 17.2 Å². The first-order valence-corrected chi connectivity index (χ1v) is 8.66. The second-order valence-electron chi connectivity index (χ2n) is 8.31. The number of nitrogens with zero attached hydrogens (tertiary/aromatic N) is 1. The molecule has 4 aliphatic rings. The molecule has 1 aromatic carbocycles. The van der Waals surface area contributed by atoms with Crippen molar-refractivity contribution < 1.29 is 9.31 Å². The number of aromatic nitrogens is 1. The summed E-state index contributed by atoms with van der Waals surface area (Å²) in [7, 11) is -0.293. The maximum absolute atomic E-state index is 6.49. The van der Waals surface area contributed by atoms with Gasteiger partial charge in [0.25, 0.3) is 0 Å². The minimum atomic E-state index is -0.293. The highest BCUT2D eigenvalue weighted by Gasteiger charge is 2.66. The minimum absolute atomic E-state index is 0.148. The van der Waals surface area contributed by atoms with Gasteiger partial charge in [-0.15, -0.1) is 0 Å². The molecule has 0 N–H and O–H groups in total. The van der Waals surface area contributed by atoms with Crippen molar-refractivity contribution in [3.63, 3.8) is 0 Å². The van der Waals surface area contributed by atoms with Crippen LogP contribution in [0, 0.1) is 17.3 Å². The zero-order valence-corrected chi connectivity index (χ0v) is 14.0. The quantitative estimate of drug-likeness (QED) is 0.758. The van der Waals surface area contributed by atoms with Gasteiger partial charge in [-0.2, -0.15) is 0 Å². The average Bonchev–Trinajstić information content (AvgIpc) is 2.91. The molecule has 3 nitrogen and oxygen atoms in total. The number of fused-ring (bicyclic) bond motifs is 1. The Labute approximate surface area is 137 Å². The van der Waals surface area contributed by atoms with Crippen LogP contribution in [0.25, 0.3) is 10.9 Å². The molecule has 1 aliphatic heterocycles. The fourth-order valence-corrected chi connectivity index (χ4v) is 5.16. The lowest BCUT2D eigenvalue weighted by Crippen LogP contribution is -2.63. The molecule has 3 aliphatic carbocycles. The van der Waals surface area contributed by atoms with Crippen molar-refractivity contribution in [2.75, 3.05) is 0 Å². The van der Waals surface area contributed by atoms with Crippen molar-refractivity contribution in [3.05, 3.63) is 36.5 Å². The van der Waals surface area contributed by atoms with Gasteiger partial charge in [0.2, 0.25) is 0 Å². The predicted octanol–water partition coefficient (Wildman–Crippen LogP) is 3.17. The highest BCUT2D eigenvalue weighted by atomic mass is 16.7. The van der Waals surface area contributed by atoms with Gasteiger partial charge in [-0.25, -0.2) is 0 Å². The average molecular weight is 307 g/mol. The first-order chi connectivity index (χ1) is 11.0. The summed E-state index contributed by atoms with van der Waals surface area (Å²) in [5.41, 5.74) is 2.30. The molecule has 2 heterocycles. The van der Waals surface area contributed by atoms with E-state index in [0.717, 1.165) is 28.7 Å². The SMILES string of the molecule is CC1(C)[C@H]2C[C@@H]1[C@@H]1OB(c3cccc4cccnc34)O[C@]1(C)C2. The number of benzene rings is 1. The standard InChI is InChI=1S/C19H22BNO2/c1-18(2)13-10-14(18)17-19(3,11-13)23-20(22-17)15-8-4-6-12-7-5-9-21-16(12)15/h4-9,13-14,17H,10-11H2,1-3H3/t13-,14+,17-,19+/m0/s1. The van der Waals surface area contributed by atoms with E-state index in [4.69, 9.17) is 9.31 Å². The fourth-order valence-electron chi connectivity index (χ4n) is 5.16. The zero-order valence-electron chi connectivity index (χ0n) is 14.0. The van der Waals surface area contributed by atoms with E-state index in [0.29, 0.717) is 11.3 Å². The third-order valence-electron chi connectivity index (χ3n) is 6.73. The van der Waals surface area contributed by atoms with Crippen LogP contribution in [0.2, 0.25) is 0 Å². The van der Waals surface area contributed by atoms with Crippen LogP contribution in [-0.2, 0) is 9.31 Å². The molecule has 1 aromatic heterocycles. The third kappa shape index (κ3) is 1.77. The Morgan fingerprint density at radius 2 is 2.00 bits per heavy atom. The summed E-state index contributed by atoms with van der Waals surface area (Å²) in [5.74, 6) is 1.38. The van der Waals surface area contributed by atoms with Gasteiger partial charge >= 0.3 is 7.12 Å². The molecule has 6 rings (SSSR count). The van der Waals surface area contributed by atoms with E-state index in [1.807, 2.05) is 12.3 Å². The summed E-state index contributed by atoms with van der Waals surface area (Å²) in [4.78, 5) is 4.56. The number of hydrogen-bond acceptors (Lipinski definition) is 3. The molecule has 118 valence electrons. The van der Waals surface area contributed by atoms with Crippen LogP contribution in [0.4, 0.5) is 0 Å². The monoisotopic (exact) mass is 307 g/mol. The van der Waals surface area contributed by atoms with Crippen molar-refractivity contribution in [1.29, 1.82) is 0 Å². The van der Waals surface area contributed by atoms with Crippen LogP contribution >= 0.6 is 0 Å². The van der Waals surface area contributed by atoms with E-state index in [-0.39, 0.29) is 18.8 Å². The lowest BCUT2D eigenvalue weighted by Gasteiger charge is -2.63. The normalized spacial score (nSPS) is 37.5. The van der Waals surface area contributed by atoms with Gasteiger partial charge in [-0.05, 0) is 48.5 Å². The van der Waals surface area contributed by atoms with E-state index < -0.39 is 0 Å². The smallest absolute Gasteiger partial charge is 0.401 e. The number of para-hydroxylation sites is 1. The minimum Gasteiger partial charge on any atom is -0.401 e. The summed E-state index contributed by atoms with van der Waals surface area (Å²) in [6.07, 6.45) is 4.44. The van der Waals surface area contributed by atoms with E-state index in [1.54, 1.807) is 0 Å². The number of hydrogen-bond donors (Lipinski definition) is 0. The van der Waals surface area contributed by atoms with E-state index in [2.05, 4.69) is 50.0 Å². The van der Waals surface area contributed by atoms with E-state index >= 15 is 0 Å². The van der Waals surface area contributed by atoms with Gasteiger partial charge in [0.15, 0.2) is 0 Å². The Kier molecular flexibility index (Phi) is 2.66. The third-order valence-corrected chi connectivity index (χ3v) is 6.73. The van der Waals surface area contributed by atoms with Crippen LogP contribution in [0.5, 0.6) is 0 Å². The molecule has 0 spiro atoms. The first-order valence-electron chi connectivity index (χ1n) is 8.66. The summed E-state index contributed by atoms with van der Waals surface area (Å²) in [5, 5.41) is 1.14. The van der Waals surface area contributed by atoms with Gasteiger partial charge in [-0.3, -0.25) is 4.98 Å². The highest BCUT2D eigenvalue weighted by Crippen LogP contribution is 2.64. The van der Waals surface area contributed by atoms with Crippen molar-refractivity contribution in [2.24, 2.45) is 17.3 Å². The van der Waals surface area contributed by atoms with Crippen LogP contribution in [0.3, 0.4) is 0 Å². The van der Waals surface area contributed by atoms with Crippen LogP contribution < -0.4 is 5.46 Å². The van der Waals surface area contributed by atoms with Crippen LogP contribution in [0.1, 0.15) is 33.6 Å². The lowest BCUT2D eigenvalue weighted by atomic mass is 9.45. The lowest BCUT2D eigenvalue weighted by molar-refractivity contribution is -0.185. The predicted molar refractivity (Wildman–Crippen MR) is 91.5 cm³/mol. The molecule has 0 amide bonds. The van der Waals surface area contributed by atoms with Gasteiger partial charge in [0, 0.05) is 11.7 Å². The van der Waals surface area contributed by atoms with Gasteiger partial charge in [0.1, 0.15) is 0 Å². The molecule has 4 atom stereocenters. The topological polar surface area (TPSA) is 31.4 Å². The molecule has 2 aromatic rings. The fraction of sp³-hybridized carbons (Fsp3) is 0.526. The molecular formula is C19H22BNO2. The van der Waals surface area contributed by atoms with E-state index in [9.17, 15) is 0 Å². The molecule has 0 unspecified atom stereocenters. The van der Waals surface area contributed by atoms with E-state index in [1.165, 1.54) is 6.42 Å². The number of pyridine rings is 1. The molecule has 0 radical (unpaired) electrons. The zero-order chi connectivity index (χ0) is 15.8. The molecule has 1 saturated heterocycles. The van der Waals surface area contributed by atoms with Gasteiger partial charge < -0.3 is 9.31 Å². The summed E-state index contributed by atoms with van der Waals surface area (Å²) in [6, 6.07) is 10.3. The Hall–Kier alpha value is -1.39. The Bertz CT molecular complexity index is 787. The summed E-state index contributed by atoms with van der Waals surface area (Å²) >= 11 is 0. The molecule has 4 fully saturated rings. The molecule has 23 heavy (non-hydrogen) atoms. The second kappa shape index (κ2) is 4.37. The Morgan fingerprint density at radius 1 is 1.17 bits per heavy atom. The van der Waals surface area contributed by atoms with Crippen molar-refractivity contribution in [3.8, 4) is 0 Å². The molecule has 2 bridgehead atoms. The molecule has 3 saturated carbocycles. The largest absolute Gasteiger partial charge is 0.496 e. The van der Waals surface area contributed by atoms with Crippen molar-refractivity contribution >= 4 is 23.5 Å². The van der Waals surface area contributed by atoms with Crippen LogP contribution in [-0.4, -0.2) is 23.8 Å². The summed E-state index contributed by atoms with van der Waals surface area (Å²) in [6.45, 7) is 7.02. The van der Waals surface area contributed by atoms with Crippen LogP contribution in [0.15, 0.2) is 36.5 Å². The van der Waals surface area contributed by atoms with Crippen molar-refractivity contribution in [2.45, 2.75) is 45.3 Å². The van der Waals surface area contributed by atoms with Gasteiger partial charge in [-0.1, -0.05) is 38.1 Å². The number of rotatable bonds is 1. The Morgan fingerprint density at radius 3 is 2.83 bits per heavy atom. The molecular weight excluding hydrogens is 285 g/mol. The first kappa shape index (κ1) is 14.0. The maximum atomic E-state index is 6.49. The summed E-state index contributed by atoms with van der Waals surface area (Å²) < 4.78 is 13.0. The Balaban J connectivity index is 1.54.